The molecule has 0 amide bonds. The van der Waals surface area contributed by atoms with Crippen LogP contribution in [0.4, 0.5) is 5.88 Å². The van der Waals surface area contributed by atoms with Crippen molar-refractivity contribution in [1.29, 1.82) is 0 Å². The molecule has 5 nitrogen and oxygen atoms in total. The van der Waals surface area contributed by atoms with Gasteiger partial charge in [0, 0.05) is 5.56 Å². The van der Waals surface area contributed by atoms with Crippen molar-refractivity contribution in [2.75, 3.05) is 0 Å². The van der Waals surface area contributed by atoms with E-state index in [0.29, 0.717) is 5.56 Å². The maximum absolute atomic E-state index is 12.0. The van der Waals surface area contributed by atoms with Crippen LogP contribution in [-0.2, 0) is 6.42 Å². The second-order valence-electron chi connectivity index (χ2n) is 3.77. The van der Waals surface area contributed by atoms with Crippen molar-refractivity contribution in [3.8, 4) is 0 Å². The van der Waals surface area contributed by atoms with Gasteiger partial charge < -0.3 is 4.42 Å². The molecule has 0 fully saturated rings. The largest absolute Gasteiger partial charge is 0.433 e. The molecular weight excluding hydrogens is 234 g/mol. The standard InChI is InChI=1S/C13H11NO4/c1-2-9-3-5-10(6-4-9)13(15)11-7-8-12(18-11)14(16)17/h3-8H,2H2,1H3. The Bertz CT molecular complexity index is 583. The third-order valence-electron chi connectivity index (χ3n) is 2.62. The predicted octanol–water partition coefficient (Wildman–Crippen LogP) is 2.98. The molecule has 0 radical (unpaired) electrons. The quantitative estimate of drug-likeness (QED) is 0.471. The summed E-state index contributed by atoms with van der Waals surface area (Å²) < 4.78 is 4.87. The third kappa shape index (κ3) is 2.29. The van der Waals surface area contributed by atoms with Crippen LogP contribution in [0.5, 0.6) is 0 Å². The van der Waals surface area contributed by atoms with Gasteiger partial charge in [-0.05, 0) is 18.1 Å². The monoisotopic (exact) mass is 245 g/mol. The highest BCUT2D eigenvalue weighted by Gasteiger charge is 2.18. The van der Waals surface area contributed by atoms with Gasteiger partial charge >= 0.3 is 5.88 Å². The molecule has 5 heteroatoms. The summed E-state index contributed by atoms with van der Waals surface area (Å²) in [5.41, 5.74) is 1.58. The van der Waals surface area contributed by atoms with Crippen molar-refractivity contribution >= 4 is 11.7 Å². The molecule has 0 bridgehead atoms. The average molecular weight is 245 g/mol. The van der Waals surface area contributed by atoms with Gasteiger partial charge in [-0.25, -0.2) is 0 Å². The van der Waals surface area contributed by atoms with E-state index >= 15 is 0 Å². The number of aryl methyl sites for hydroxylation is 1. The zero-order valence-electron chi connectivity index (χ0n) is 9.75. The van der Waals surface area contributed by atoms with Crippen LogP contribution in [0, 0.1) is 10.1 Å². The number of hydrogen-bond acceptors (Lipinski definition) is 4. The summed E-state index contributed by atoms with van der Waals surface area (Å²) in [4.78, 5) is 21.8. The Labute approximate surface area is 103 Å². The van der Waals surface area contributed by atoms with Crippen molar-refractivity contribution in [3.05, 3.63) is 63.4 Å². The van der Waals surface area contributed by atoms with Crippen molar-refractivity contribution in [3.63, 3.8) is 0 Å². The van der Waals surface area contributed by atoms with E-state index in [1.54, 1.807) is 12.1 Å². The maximum Gasteiger partial charge on any atom is 0.433 e. The molecule has 0 spiro atoms. The molecule has 2 rings (SSSR count). The topological polar surface area (TPSA) is 73.3 Å². The van der Waals surface area contributed by atoms with Crippen LogP contribution < -0.4 is 0 Å². The molecule has 0 aliphatic heterocycles. The van der Waals surface area contributed by atoms with Crippen LogP contribution in [0.2, 0.25) is 0 Å². The van der Waals surface area contributed by atoms with Crippen molar-refractivity contribution in [1.82, 2.24) is 0 Å². The van der Waals surface area contributed by atoms with Gasteiger partial charge in [-0.3, -0.25) is 14.9 Å². The number of nitrogens with zero attached hydrogens (tertiary/aromatic N) is 1. The summed E-state index contributed by atoms with van der Waals surface area (Å²) in [5, 5.41) is 10.5. The lowest BCUT2D eigenvalue weighted by Crippen LogP contribution is -1.99. The summed E-state index contributed by atoms with van der Waals surface area (Å²) in [6.07, 6.45) is 0.890. The Morgan fingerprint density at radius 3 is 2.39 bits per heavy atom. The summed E-state index contributed by atoms with van der Waals surface area (Å²) in [6, 6.07) is 9.57. The first-order valence-corrected chi connectivity index (χ1v) is 5.49. The minimum absolute atomic E-state index is 0.0223. The van der Waals surface area contributed by atoms with Crippen molar-refractivity contribution < 1.29 is 14.1 Å². The van der Waals surface area contributed by atoms with E-state index in [-0.39, 0.29) is 11.5 Å². The van der Waals surface area contributed by atoms with Gasteiger partial charge in [0.15, 0.2) is 5.76 Å². The zero-order chi connectivity index (χ0) is 13.1. The van der Waals surface area contributed by atoms with Gasteiger partial charge in [-0.15, -0.1) is 0 Å². The van der Waals surface area contributed by atoms with E-state index in [9.17, 15) is 14.9 Å². The molecule has 92 valence electrons. The van der Waals surface area contributed by atoms with E-state index in [1.165, 1.54) is 12.1 Å². The number of carbonyl (C=O) groups excluding carboxylic acids is 1. The molecule has 0 N–H and O–H groups in total. The minimum atomic E-state index is -0.670. The Balaban J connectivity index is 2.26. The number of carbonyl (C=O) groups is 1. The molecule has 2 aromatic rings. The van der Waals surface area contributed by atoms with E-state index < -0.39 is 10.8 Å². The highest BCUT2D eigenvalue weighted by molar-refractivity contribution is 6.07. The molecule has 1 aromatic heterocycles. The predicted molar refractivity (Wildman–Crippen MR) is 64.6 cm³/mol. The Morgan fingerprint density at radius 2 is 1.89 bits per heavy atom. The van der Waals surface area contributed by atoms with Gasteiger partial charge in [0.25, 0.3) is 0 Å². The average Bonchev–Trinajstić information content (AvgIpc) is 2.88. The lowest BCUT2D eigenvalue weighted by molar-refractivity contribution is -0.402. The lowest BCUT2D eigenvalue weighted by Gasteiger charge is -1.99. The van der Waals surface area contributed by atoms with Crippen LogP contribution in [0.3, 0.4) is 0 Å². The molecule has 0 atom stereocenters. The van der Waals surface area contributed by atoms with Gasteiger partial charge in [-0.2, -0.15) is 0 Å². The zero-order valence-corrected chi connectivity index (χ0v) is 9.75. The molecule has 0 saturated carbocycles. The van der Waals surface area contributed by atoms with E-state index in [1.807, 2.05) is 19.1 Å². The normalized spacial score (nSPS) is 10.3. The Hall–Kier alpha value is -2.43. The van der Waals surface area contributed by atoms with Crippen molar-refractivity contribution in [2.24, 2.45) is 0 Å². The highest BCUT2D eigenvalue weighted by atomic mass is 16.6. The minimum Gasteiger partial charge on any atom is -0.397 e. The molecule has 0 saturated heterocycles. The fraction of sp³-hybridized carbons (Fsp3) is 0.154. The molecule has 1 heterocycles. The van der Waals surface area contributed by atoms with E-state index in [4.69, 9.17) is 4.42 Å². The molecule has 18 heavy (non-hydrogen) atoms. The molecule has 1 aromatic carbocycles. The molecule has 0 aliphatic rings. The second kappa shape index (κ2) is 4.83. The van der Waals surface area contributed by atoms with Crippen molar-refractivity contribution in [2.45, 2.75) is 13.3 Å². The number of benzene rings is 1. The van der Waals surface area contributed by atoms with Crippen LogP contribution in [-0.4, -0.2) is 10.7 Å². The number of ketones is 1. The number of rotatable bonds is 4. The third-order valence-corrected chi connectivity index (χ3v) is 2.62. The van der Waals surface area contributed by atoms with Gasteiger partial charge in [0.1, 0.15) is 4.92 Å². The highest BCUT2D eigenvalue weighted by Crippen LogP contribution is 2.19. The van der Waals surface area contributed by atoms with E-state index in [2.05, 4.69) is 0 Å². The SMILES string of the molecule is CCc1ccc(C(=O)c2ccc([N+](=O)[O-])o2)cc1. The second-order valence-corrected chi connectivity index (χ2v) is 3.77. The van der Waals surface area contributed by atoms with Crippen LogP contribution in [0.25, 0.3) is 0 Å². The van der Waals surface area contributed by atoms with Gasteiger partial charge in [0.2, 0.25) is 5.78 Å². The number of furan rings is 1. The van der Waals surface area contributed by atoms with Crippen LogP contribution in [0.15, 0.2) is 40.8 Å². The molecule has 0 aliphatic carbocycles. The summed E-state index contributed by atoms with van der Waals surface area (Å²) in [5.74, 6) is -0.805. The van der Waals surface area contributed by atoms with Gasteiger partial charge in [-0.1, -0.05) is 31.2 Å². The Kier molecular flexibility index (Phi) is 3.23. The first-order valence-electron chi connectivity index (χ1n) is 5.49. The Morgan fingerprint density at radius 1 is 1.22 bits per heavy atom. The first-order chi connectivity index (χ1) is 8.61. The molecular formula is C13H11NO4. The molecule has 0 unspecified atom stereocenters. The fourth-order valence-electron chi connectivity index (χ4n) is 1.58. The summed E-state index contributed by atoms with van der Waals surface area (Å²) in [6.45, 7) is 2.02. The number of hydrogen-bond donors (Lipinski definition) is 0. The fourth-order valence-corrected chi connectivity index (χ4v) is 1.58. The van der Waals surface area contributed by atoms with Gasteiger partial charge in [0.05, 0.1) is 6.07 Å². The van der Waals surface area contributed by atoms with Crippen LogP contribution in [0.1, 0.15) is 28.6 Å². The van der Waals surface area contributed by atoms with Crippen LogP contribution >= 0.6 is 0 Å². The number of nitro groups is 1. The van der Waals surface area contributed by atoms with E-state index in [0.717, 1.165) is 12.0 Å². The lowest BCUT2D eigenvalue weighted by atomic mass is 10.1. The summed E-state index contributed by atoms with van der Waals surface area (Å²) in [7, 11) is 0. The first kappa shape index (κ1) is 12.0. The maximum atomic E-state index is 12.0. The smallest absolute Gasteiger partial charge is 0.397 e. The summed E-state index contributed by atoms with van der Waals surface area (Å²) >= 11 is 0.